The molecule has 0 spiro atoms. The second kappa shape index (κ2) is 8.59. The highest BCUT2D eigenvalue weighted by atomic mass is 16.5. The zero-order valence-electron chi connectivity index (χ0n) is 13.6. The Balaban J connectivity index is 1.76. The second-order valence-corrected chi connectivity index (χ2v) is 5.67. The standard InChI is InChI=1S/C18H26N2O2/c1-16(21)20-12-6-11-19(13-14-20)10-4-3-7-17-8-5-9-18(15-17)22-2/h3,5,7-9,15H,4,6,10-14H2,1-2H3/b7-3+. The van der Waals surface area contributed by atoms with E-state index in [1.54, 1.807) is 14.0 Å². The molecular weight excluding hydrogens is 276 g/mol. The maximum atomic E-state index is 11.4. The van der Waals surface area contributed by atoms with Crippen molar-refractivity contribution in [3.8, 4) is 5.75 Å². The predicted octanol–water partition coefficient (Wildman–Crippen LogP) is 2.65. The van der Waals surface area contributed by atoms with Crippen LogP contribution in [0.4, 0.5) is 0 Å². The maximum Gasteiger partial charge on any atom is 0.219 e. The van der Waals surface area contributed by atoms with Crippen molar-refractivity contribution in [3.05, 3.63) is 35.9 Å². The van der Waals surface area contributed by atoms with Crippen LogP contribution in [0.5, 0.6) is 5.75 Å². The van der Waals surface area contributed by atoms with Crippen LogP contribution in [0.25, 0.3) is 6.08 Å². The zero-order valence-corrected chi connectivity index (χ0v) is 13.6. The lowest BCUT2D eigenvalue weighted by Crippen LogP contribution is -2.33. The number of carbonyl (C=O) groups is 1. The van der Waals surface area contributed by atoms with Crippen LogP contribution in [0.15, 0.2) is 30.3 Å². The SMILES string of the molecule is COc1cccc(/C=C/CCN2CCCN(C(C)=O)CC2)c1. The first-order valence-electron chi connectivity index (χ1n) is 7.97. The molecule has 0 radical (unpaired) electrons. The number of hydrogen-bond donors (Lipinski definition) is 0. The zero-order chi connectivity index (χ0) is 15.8. The molecule has 0 N–H and O–H groups in total. The third-order valence-corrected chi connectivity index (χ3v) is 4.05. The van der Waals surface area contributed by atoms with E-state index < -0.39 is 0 Å². The summed E-state index contributed by atoms with van der Waals surface area (Å²) >= 11 is 0. The molecule has 1 aliphatic heterocycles. The van der Waals surface area contributed by atoms with Crippen molar-refractivity contribution in [3.63, 3.8) is 0 Å². The van der Waals surface area contributed by atoms with E-state index in [2.05, 4.69) is 23.1 Å². The number of rotatable bonds is 5. The Morgan fingerprint density at radius 2 is 2.14 bits per heavy atom. The molecule has 0 atom stereocenters. The number of hydrogen-bond acceptors (Lipinski definition) is 3. The van der Waals surface area contributed by atoms with Crippen molar-refractivity contribution < 1.29 is 9.53 Å². The monoisotopic (exact) mass is 302 g/mol. The van der Waals surface area contributed by atoms with Gasteiger partial charge in [0.25, 0.3) is 0 Å². The van der Waals surface area contributed by atoms with Gasteiger partial charge in [0, 0.05) is 33.1 Å². The summed E-state index contributed by atoms with van der Waals surface area (Å²) in [7, 11) is 1.69. The van der Waals surface area contributed by atoms with E-state index in [0.717, 1.165) is 56.9 Å². The fraction of sp³-hybridized carbons (Fsp3) is 0.500. The largest absolute Gasteiger partial charge is 0.497 e. The first-order valence-corrected chi connectivity index (χ1v) is 7.97. The van der Waals surface area contributed by atoms with E-state index in [1.165, 1.54) is 0 Å². The number of benzene rings is 1. The predicted molar refractivity (Wildman–Crippen MR) is 90.0 cm³/mol. The van der Waals surface area contributed by atoms with Crippen molar-refractivity contribution in [1.82, 2.24) is 9.80 Å². The van der Waals surface area contributed by atoms with Crippen LogP contribution in [0, 0.1) is 0 Å². The van der Waals surface area contributed by atoms with Gasteiger partial charge in [-0.05, 0) is 37.1 Å². The van der Waals surface area contributed by atoms with Crippen molar-refractivity contribution in [2.24, 2.45) is 0 Å². The summed E-state index contributed by atoms with van der Waals surface area (Å²) in [5, 5.41) is 0. The summed E-state index contributed by atoms with van der Waals surface area (Å²) in [5.74, 6) is 1.08. The Labute approximate surface area is 133 Å². The Hall–Kier alpha value is -1.81. The molecule has 1 heterocycles. The highest BCUT2D eigenvalue weighted by Crippen LogP contribution is 2.14. The Morgan fingerprint density at radius 3 is 2.91 bits per heavy atom. The molecule has 2 rings (SSSR count). The normalized spacial score (nSPS) is 16.7. The van der Waals surface area contributed by atoms with E-state index in [0.29, 0.717) is 0 Å². The summed E-state index contributed by atoms with van der Waals surface area (Å²) in [5.41, 5.74) is 1.16. The van der Waals surface area contributed by atoms with E-state index >= 15 is 0 Å². The van der Waals surface area contributed by atoms with Crippen LogP contribution in [0.1, 0.15) is 25.3 Å². The molecule has 0 saturated carbocycles. The molecule has 120 valence electrons. The van der Waals surface area contributed by atoms with Gasteiger partial charge in [-0.1, -0.05) is 24.3 Å². The second-order valence-electron chi connectivity index (χ2n) is 5.67. The summed E-state index contributed by atoms with van der Waals surface area (Å²) in [6.45, 7) is 6.52. The fourth-order valence-corrected chi connectivity index (χ4v) is 2.73. The number of nitrogens with zero attached hydrogens (tertiary/aromatic N) is 2. The summed E-state index contributed by atoms with van der Waals surface area (Å²) in [6.07, 6.45) is 6.45. The van der Waals surface area contributed by atoms with Crippen LogP contribution in [0.3, 0.4) is 0 Å². The minimum absolute atomic E-state index is 0.194. The van der Waals surface area contributed by atoms with Crippen molar-refractivity contribution in [2.45, 2.75) is 19.8 Å². The molecule has 22 heavy (non-hydrogen) atoms. The molecule has 4 heteroatoms. The molecule has 1 fully saturated rings. The van der Waals surface area contributed by atoms with Gasteiger partial charge in [0.15, 0.2) is 0 Å². The molecule has 0 bridgehead atoms. The van der Waals surface area contributed by atoms with Gasteiger partial charge in [-0.3, -0.25) is 4.79 Å². The van der Waals surface area contributed by atoms with Crippen molar-refractivity contribution >= 4 is 12.0 Å². The molecule has 1 saturated heterocycles. The van der Waals surface area contributed by atoms with Crippen molar-refractivity contribution in [1.29, 1.82) is 0 Å². The summed E-state index contributed by atoms with van der Waals surface area (Å²) in [6, 6.07) is 8.07. The smallest absolute Gasteiger partial charge is 0.219 e. The molecule has 0 unspecified atom stereocenters. The van der Waals surface area contributed by atoms with Crippen molar-refractivity contribution in [2.75, 3.05) is 39.8 Å². The third-order valence-electron chi connectivity index (χ3n) is 4.05. The van der Waals surface area contributed by atoms with Gasteiger partial charge in [0.05, 0.1) is 7.11 Å². The van der Waals surface area contributed by atoms with E-state index in [-0.39, 0.29) is 5.91 Å². The van der Waals surface area contributed by atoms with Gasteiger partial charge in [0.1, 0.15) is 5.75 Å². The van der Waals surface area contributed by atoms with Gasteiger partial charge >= 0.3 is 0 Å². The first-order chi connectivity index (χ1) is 10.7. The maximum absolute atomic E-state index is 11.4. The number of carbonyl (C=O) groups excluding carboxylic acids is 1. The van der Waals surface area contributed by atoms with E-state index in [9.17, 15) is 4.79 Å². The Kier molecular flexibility index (Phi) is 6.46. The van der Waals surface area contributed by atoms with Gasteiger partial charge in [0.2, 0.25) is 5.91 Å². The van der Waals surface area contributed by atoms with E-state index in [4.69, 9.17) is 4.74 Å². The highest BCUT2D eigenvalue weighted by Gasteiger charge is 2.15. The summed E-state index contributed by atoms with van der Waals surface area (Å²) in [4.78, 5) is 15.8. The lowest BCUT2D eigenvalue weighted by Gasteiger charge is -2.20. The average Bonchev–Trinajstić information content (AvgIpc) is 2.77. The number of amides is 1. The van der Waals surface area contributed by atoms with Gasteiger partial charge < -0.3 is 14.5 Å². The number of ether oxygens (including phenoxy) is 1. The quantitative estimate of drug-likeness (QED) is 0.838. The lowest BCUT2D eigenvalue weighted by atomic mass is 10.2. The van der Waals surface area contributed by atoms with Crippen LogP contribution in [0.2, 0.25) is 0 Å². The van der Waals surface area contributed by atoms with Gasteiger partial charge in [-0.25, -0.2) is 0 Å². The van der Waals surface area contributed by atoms with Gasteiger partial charge in [-0.2, -0.15) is 0 Å². The molecule has 1 aliphatic rings. The van der Waals surface area contributed by atoms with Crippen LogP contribution < -0.4 is 4.74 Å². The first kappa shape index (κ1) is 16.6. The molecule has 1 amide bonds. The Morgan fingerprint density at radius 1 is 1.27 bits per heavy atom. The Bertz CT molecular complexity index is 514. The van der Waals surface area contributed by atoms with Gasteiger partial charge in [-0.15, -0.1) is 0 Å². The molecule has 4 nitrogen and oxygen atoms in total. The molecule has 1 aromatic rings. The fourth-order valence-electron chi connectivity index (χ4n) is 2.73. The minimum Gasteiger partial charge on any atom is -0.497 e. The topological polar surface area (TPSA) is 32.8 Å². The molecule has 0 aromatic heterocycles. The summed E-state index contributed by atoms with van der Waals surface area (Å²) < 4.78 is 5.23. The highest BCUT2D eigenvalue weighted by molar-refractivity contribution is 5.73. The van der Waals surface area contributed by atoms with Crippen LogP contribution >= 0.6 is 0 Å². The minimum atomic E-state index is 0.194. The van der Waals surface area contributed by atoms with Crippen LogP contribution in [-0.2, 0) is 4.79 Å². The number of methoxy groups -OCH3 is 1. The molecule has 1 aromatic carbocycles. The molecular formula is C18H26N2O2. The van der Waals surface area contributed by atoms with Crippen LogP contribution in [-0.4, -0.2) is 55.5 Å². The lowest BCUT2D eigenvalue weighted by molar-refractivity contribution is -0.128. The average molecular weight is 302 g/mol. The third kappa shape index (κ3) is 5.19. The van der Waals surface area contributed by atoms with E-state index in [1.807, 2.05) is 23.1 Å². The molecule has 0 aliphatic carbocycles.